The number of hydrogen-bond acceptors (Lipinski definition) is 1. The predicted octanol–water partition coefficient (Wildman–Crippen LogP) is 3.41. The minimum Gasteiger partial charge on any atom is -0.305 e. The number of hydrogen-bond donors (Lipinski definition) is 0. The molecule has 19 heavy (non-hydrogen) atoms. The Kier molecular flexibility index (Phi) is 2.63. The van der Waals surface area contributed by atoms with E-state index in [0.717, 1.165) is 12.8 Å². The van der Waals surface area contributed by atoms with Crippen molar-refractivity contribution in [3.63, 3.8) is 0 Å². The lowest BCUT2D eigenvalue weighted by atomic mass is 9.56. The maximum Gasteiger partial charge on any atom is 0.251 e. The molecule has 3 rings (SSSR count). The molecule has 1 fully saturated rings. The fraction of sp³-hybridized carbons (Fsp3) is 0.353. The van der Waals surface area contributed by atoms with Crippen LogP contribution in [-0.2, 0) is 5.54 Å². The molecule has 0 unspecified atom stereocenters. The summed E-state index contributed by atoms with van der Waals surface area (Å²) in [6.45, 7) is 4.53. The van der Waals surface area contributed by atoms with Gasteiger partial charge in [0.05, 0.1) is 5.54 Å². The third-order valence-corrected chi connectivity index (χ3v) is 4.14. The summed E-state index contributed by atoms with van der Waals surface area (Å²) in [4.78, 5) is 12.2. The Morgan fingerprint density at radius 3 is 2.16 bits per heavy atom. The molecule has 0 aliphatic heterocycles. The molecule has 1 aromatic heterocycles. The average Bonchev–Trinajstić information content (AvgIpc) is 2.37. The Morgan fingerprint density at radius 2 is 1.58 bits per heavy atom. The van der Waals surface area contributed by atoms with Crippen LogP contribution in [0.2, 0.25) is 0 Å². The number of rotatable bonds is 2. The van der Waals surface area contributed by atoms with Crippen LogP contribution in [0, 0.1) is 5.41 Å². The number of aromatic nitrogens is 1. The Balaban J connectivity index is 2.15. The molecule has 2 heteroatoms. The van der Waals surface area contributed by atoms with Crippen molar-refractivity contribution in [3.8, 4) is 0 Å². The van der Waals surface area contributed by atoms with Crippen molar-refractivity contribution >= 4 is 0 Å². The maximum absolute atomic E-state index is 12.2. The lowest BCUT2D eigenvalue weighted by Gasteiger charge is -2.54. The van der Waals surface area contributed by atoms with Gasteiger partial charge >= 0.3 is 0 Å². The van der Waals surface area contributed by atoms with Crippen molar-refractivity contribution < 1.29 is 0 Å². The van der Waals surface area contributed by atoms with E-state index < -0.39 is 0 Å². The minimum absolute atomic E-state index is 0.0850. The topological polar surface area (TPSA) is 22.0 Å². The second kappa shape index (κ2) is 4.09. The first kappa shape index (κ1) is 12.2. The smallest absolute Gasteiger partial charge is 0.251 e. The van der Waals surface area contributed by atoms with E-state index in [0.29, 0.717) is 5.41 Å². The van der Waals surface area contributed by atoms with E-state index in [1.165, 1.54) is 5.56 Å². The van der Waals surface area contributed by atoms with Crippen molar-refractivity contribution in [2.24, 2.45) is 5.41 Å². The second-order valence-corrected chi connectivity index (χ2v) is 6.32. The van der Waals surface area contributed by atoms with Crippen molar-refractivity contribution in [2.45, 2.75) is 32.2 Å². The fourth-order valence-corrected chi connectivity index (χ4v) is 3.57. The summed E-state index contributed by atoms with van der Waals surface area (Å²) in [5.41, 5.74) is 1.46. The molecule has 0 saturated heterocycles. The van der Waals surface area contributed by atoms with Crippen LogP contribution in [0.3, 0.4) is 0 Å². The fourth-order valence-electron chi connectivity index (χ4n) is 3.57. The van der Waals surface area contributed by atoms with Crippen LogP contribution in [0.25, 0.3) is 0 Å². The van der Waals surface area contributed by atoms with Crippen molar-refractivity contribution in [3.05, 3.63) is 70.6 Å². The normalized spacial score (nSPS) is 19.7. The first-order valence-electron chi connectivity index (χ1n) is 6.77. The van der Waals surface area contributed by atoms with E-state index >= 15 is 0 Å². The highest BCUT2D eigenvalue weighted by Crippen LogP contribution is 2.55. The van der Waals surface area contributed by atoms with Gasteiger partial charge in [0.25, 0.3) is 5.56 Å². The lowest BCUT2D eigenvalue weighted by molar-refractivity contribution is 0.0299. The van der Waals surface area contributed by atoms with E-state index in [4.69, 9.17) is 0 Å². The summed E-state index contributed by atoms with van der Waals surface area (Å²) in [5.74, 6) is 0. The zero-order chi connectivity index (χ0) is 13.5. The molecule has 0 radical (unpaired) electrons. The summed E-state index contributed by atoms with van der Waals surface area (Å²) in [5, 5.41) is 0. The van der Waals surface area contributed by atoms with E-state index in [1.807, 2.05) is 22.9 Å². The molecule has 1 heterocycles. The highest BCUT2D eigenvalue weighted by Gasteiger charge is 2.51. The van der Waals surface area contributed by atoms with Crippen molar-refractivity contribution in [2.75, 3.05) is 0 Å². The standard InChI is InChI=1S/C17H19NO/c1-16(2)12-17(13-16,14-8-4-3-5-9-14)18-11-7-6-10-15(18)19/h3-11H,12-13H2,1-2H3. The molecule has 0 N–H and O–H groups in total. The first-order valence-corrected chi connectivity index (χ1v) is 6.77. The van der Waals surface area contributed by atoms with E-state index in [2.05, 4.69) is 38.1 Å². The molecule has 0 bridgehead atoms. The number of benzene rings is 1. The van der Waals surface area contributed by atoms with E-state index in [9.17, 15) is 4.79 Å². The van der Waals surface area contributed by atoms with Gasteiger partial charge in [0, 0.05) is 12.3 Å². The second-order valence-electron chi connectivity index (χ2n) is 6.32. The summed E-state index contributed by atoms with van der Waals surface area (Å²) < 4.78 is 1.91. The van der Waals surface area contributed by atoms with E-state index in [1.54, 1.807) is 12.1 Å². The van der Waals surface area contributed by atoms with Gasteiger partial charge < -0.3 is 4.57 Å². The molecule has 98 valence electrons. The minimum atomic E-state index is -0.164. The maximum atomic E-state index is 12.2. The average molecular weight is 253 g/mol. The summed E-state index contributed by atoms with van der Waals surface area (Å²) in [7, 11) is 0. The third kappa shape index (κ3) is 1.92. The van der Waals surface area contributed by atoms with Crippen LogP contribution < -0.4 is 5.56 Å². The van der Waals surface area contributed by atoms with Gasteiger partial charge in [-0.3, -0.25) is 4.79 Å². The molecule has 0 atom stereocenters. The SMILES string of the molecule is CC1(C)CC(c2ccccc2)(n2ccccc2=O)C1. The summed E-state index contributed by atoms with van der Waals surface area (Å²) >= 11 is 0. The van der Waals surface area contributed by atoms with Crippen LogP contribution in [0.5, 0.6) is 0 Å². The van der Waals surface area contributed by atoms with Gasteiger partial charge in [-0.05, 0) is 29.9 Å². The van der Waals surface area contributed by atoms with E-state index in [-0.39, 0.29) is 11.1 Å². The van der Waals surface area contributed by atoms with Gasteiger partial charge in [-0.2, -0.15) is 0 Å². The first-order chi connectivity index (χ1) is 9.04. The largest absolute Gasteiger partial charge is 0.305 e. The highest BCUT2D eigenvalue weighted by molar-refractivity contribution is 5.31. The zero-order valence-electron chi connectivity index (χ0n) is 11.5. The molecule has 0 amide bonds. The van der Waals surface area contributed by atoms with Crippen LogP contribution in [0.4, 0.5) is 0 Å². The lowest BCUT2D eigenvalue weighted by Crippen LogP contribution is -2.54. The molecule has 1 aliphatic carbocycles. The Bertz CT molecular complexity index is 632. The van der Waals surface area contributed by atoms with Crippen LogP contribution >= 0.6 is 0 Å². The van der Waals surface area contributed by atoms with Crippen LogP contribution in [-0.4, -0.2) is 4.57 Å². The van der Waals surface area contributed by atoms with Crippen LogP contribution in [0.1, 0.15) is 32.3 Å². The number of pyridine rings is 1. The molecular formula is C17H19NO. The van der Waals surface area contributed by atoms with Crippen molar-refractivity contribution in [1.29, 1.82) is 0 Å². The summed E-state index contributed by atoms with van der Waals surface area (Å²) in [6.07, 6.45) is 3.94. The zero-order valence-corrected chi connectivity index (χ0v) is 11.5. The van der Waals surface area contributed by atoms with Crippen molar-refractivity contribution in [1.82, 2.24) is 4.57 Å². The molecule has 1 aromatic carbocycles. The Labute approximate surface area is 113 Å². The molecule has 2 nitrogen and oxygen atoms in total. The third-order valence-electron chi connectivity index (χ3n) is 4.14. The quantitative estimate of drug-likeness (QED) is 0.804. The highest BCUT2D eigenvalue weighted by atomic mass is 16.1. The van der Waals surface area contributed by atoms with Gasteiger partial charge in [0.2, 0.25) is 0 Å². The van der Waals surface area contributed by atoms with Gasteiger partial charge in [-0.25, -0.2) is 0 Å². The summed E-state index contributed by atoms with van der Waals surface area (Å²) in [6, 6.07) is 15.8. The monoisotopic (exact) mass is 253 g/mol. The molecule has 2 aromatic rings. The van der Waals surface area contributed by atoms with Gasteiger partial charge in [-0.1, -0.05) is 50.2 Å². The molecule has 1 aliphatic rings. The molecule has 1 saturated carbocycles. The Morgan fingerprint density at radius 1 is 0.947 bits per heavy atom. The molecule has 0 spiro atoms. The Hall–Kier alpha value is -1.83. The van der Waals surface area contributed by atoms with Crippen LogP contribution in [0.15, 0.2) is 59.5 Å². The molecular weight excluding hydrogens is 234 g/mol. The van der Waals surface area contributed by atoms with Gasteiger partial charge in [0.15, 0.2) is 0 Å². The van der Waals surface area contributed by atoms with Gasteiger partial charge in [-0.15, -0.1) is 0 Å². The number of nitrogens with zero attached hydrogens (tertiary/aromatic N) is 1. The predicted molar refractivity (Wildman–Crippen MR) is 77.2 cm³/mol. The van der Waals surface area contributed by atoms with Gasteiger partial charge in [0.1, 0.15) is 0 Å².